The van der Waals surface area contributed by atoms with Crippen molar-refractivity contribution < 1.29 is 30.4 Å². The molecule has 0 heterocycles. The van der Waals surface area contributed by atoms with Gasteiger partial charge in [-0.05, 0) is 29.8 Å². The van der Waals surface area contributed by atoms with E-state index in [-0.39, 0.29) is 12.1 Å². The molecular formula is C14H10F5NO2S. The van der Waals surface area contributed by atoms with E-state index in [1.54, 1.807) is 0 Å². The Balaban J connectivity index is 2.13. The molecular weight excluding hydrogens is 341 g/mol. The average Bonchev–Trinajstić information content (AvgIpc) is 2.44. The van der Waals surface area contributed by atoms with Crippen molar-refractivity contribution >= 4 is 10.0 Å². The summed E-state index contributed by atoms with van der Waals surface area (Å²) in [6.45, 7) is -0.336. The Morgan fingerprint density at radius 2 is 1.57 bits per heavy atom. The van der Waals surface area contributed by atoms with Crippen LogP contribution in [0, 0.1) is 11.6 Å². The summed E-state index contributed by atoms with van der Waals surface area (Å²) in [4.78, 5) is -0.745. The summed E-state index contributed by atoms with van der Waals surface area (Å²) in [6, 6.07) is 5.80. The van der Waals surface area contributed by atoms with Crippen LogP contribution < -0.4 is 4.72 Å². The van der Waals surface area contributed by atoms with Gasteiger partial charge in [0.15, 0.2) is 0 Å². The minimum atomic E-state index is -4.49. The third-order valence-electron chi connectivity index (χ3n) is 2.93. The highest BCUT2D eigenvalue weighted by Gasteiger charge is 2.30. The Morgan fingerprint density at radius 1 is 0.957 bits per heavy atom. The van der Waals surface area contributed by atoms with Gasteiger partial charge in [0.25, 0.3) is 0 Å². The molecule has 0 aliphatic heterocycles. The number of hydrogen-bond donors (Lipinski definition) is 1. The number of sulfonamides is 1. The van der Waals surface area contributed by atoms with Crippen LogP contribution in [-0.2, 0) is 22.7 Å². The summed E-state index contributed by atoms with van der Waals surface area (Å²) in [5.74, 6) is -2.19. The van der Waals surface area contributed by atoms with Crippen molar-refractivity contribution in [2.24, 2.45) is 0 Å². The lowest BCUT2D eigenvalue weighted by Gasteiger charge is -2.09. The summed E-state index contributed by atoms with van der Waals surface area (Å²) in [6.07, 6.45) is -4.49. The zero-order chi connectivity index (χ0) is 17.3. The van der Waals surface area contributed by atoms with E-state index in [0.29, 0.717) is 6.07 Å². The van der Waals surface area contributed by atoms with Crippen LogP contribution in [0.25, 0.3) is 0 Å². The molecule has 0 fully saturated rings. The summed E-state index contributed by atoms with van der Waals surface area (Å²) < 4.78 is 89.3. The number of benzene rings is 2. The summed E-state index contributed by atoms with van der Waals surface area (Å²) in [5.41, 5.74) is -0.613. The van der Waals surface area contributed by atoms with Crippen LogP contribution in [0.3, 0.4) is 0 Å². The number of nitrogens with one attached hydrogen (secondary N) is 1. The number of halogens is 5. The highest BCUT2D eigenvalue weighted by Crippen LogP contribution is 2.29. The summed E-state index contributed by atoms with van der Waals surface area (Å²) in [7, 11) is -4.26. The van der Waals surface area contributed by atoms with Gasteiger partial charge in [-0.2, -0.15) is 13.2 Å². The molecule has 2 aromatic carbocycles. The Bertz CT molecular complexity index is 801. The van der Waals surface area contributed by atoms with E-state index < -0.39 is 38.3 Å². The second-order valence-corrected chi connectivity index (χ2v) is 6.33. The molecule has 0 saturated carbocycles. The first-order chi connectivity index (χ1) is 10.6. The van der Waals surface area contributed by atoms with E-state index in [2.05, 4.69) is 0 Å². The molecule has 0 amide bonds. The fourth-order valence-corrected chi connectivity index (χ4v) is 2.84. The van der Waals surface area contributed by atoms with Crippen molar-refractivity contribution in [3.05, 3.63) is 65.2 Å². The fourth-order valence-electron chi connectivity index (χ4n) is 1.76. The van der Waals surface area contributed by atoms with Gasteiger partial charge in [0.1, 0.15) is 16.5 Å². The van der Waals surface area contributed by atoms with Gasteiger partial charge in [-0.1, -0.05) is 12.1 Å². The minimum absolute atomic E-state index is 0.254. The van der Waals surface area contributed by atoms with Crippen LogP contribution in [0.5, 0.6) is 0 Å². The third-order valence-corrected chi connectivity index (χ3v) is 4.37. The molecule has 0 aliphatic carbocycles. The molecule has 23 heavy (non-hydrogen) atoms. The van der Waals surface area contributed by atoms with Crippen molar-refractivity contribution in [3.63, 3.8) is 0 Å². The van der Waals surface area contributed by atoms with Crippen molar-refractivity contribution in [2.75, 3.05) is 0 Å². The quantitative estimate of drug-likeness (QED) is 0.858. The van der Waals surface area contributed by atoms with Gasteiger partial charge in [-0.15, -0.1) is 0 Å². The van der Waals surface area contributed by atoms with Gasteiger partial charge in [-0.3, -0.25) is 0 Å². The Hall–Kier alpha value is -2.00. The van der Waals surface area contributed by atoms with E-state index in [1.807, 2.05) is 4.72 Å². The van der Waals surface area contributed by atoms with Gasteiger partial charge in [0.2, 0.25) is 10.0 Å². The lowest BCUT2D eigenvalue weighted by Crippen LogP contribution is -2.24. The van der Waals surface area contributed by atoms with Crippen LogP contribution >= 0.6 is 0 Å². The first-order valence-electron chi connectivity index (χ1n) is 6.20. The third kappa shape index (κ3) is 4.26. The predicted octanol–water partition coefficient (Wildman–Crippen LogP) is 3.46. The van der Waals surface area contributed by atoms with Crippen LogP contribution in [0.1, 0.15) is 11.1 Å². The Morgan fingerprint density at radius 3 is 2.09 bits per heavy atom. The zero-order valence-corrected chi connectivity index (χ0v) is 12.2. The molecule has 0 unspecified atom stereocenters. The summed E-state index contributed by atoms with van der Waals surface area (Å²) >= 11 is 0. The van der Waals surface area contributed by atoms with Gasteiger partial charge in [0, 0.05) is 12.6 Å². The molecule has 0 radical (unpaired) electrons. The van der Waals surface area contributed by atoms with E-state index in [1.165, 1.54) is 0 Å². The molecule has 0 aliphatic rings. The van der Waals surface area contributed by atoms with Gasteiger partial charge < -0.3 is 0 Å². The van der Waals surface area contributed by atoms with Crippen LogP contribution in [0.15, 0.2) is 47.4 Å². The van der Waals surface area contributed by atoms with E-state index in [4.69, 9.17) is 0 Å². The monoisotopic (exact) mass is 351 g/mol. The second-order valence-electron chi connectivity index (χ2n) is 4.59. The van der Waals surface area contributed by atoms with E-state index >= 15 is 0 Å². The number of rotatable bonds is 4. The lowest BCUT2D eigenvalue weighted by molar-refractivity contribution is -0.137. The molecule has 2 rings (SSSR count). The molecule has 0 spiro atoms. The molecule has 0 atom stereocenters. The highest BCUT2D eigenvalue weighted by atomic mass is 32.2. The maximum atomic E-state index is 13.5. The minimum Gasteiger partial charge on any atom is -0.207 e. The van der Waals surface area contributed by atoms with Gasteiger partial charge >= 0.3 is 6.18 Å². The van der Waals surface area contributed by atoms with Crippen molar-refractivity contribution in [1.29, 1.82) is 0 Å². The maximum Gasteiger partial charge on any atom is 0.416 e. The molecule has 0 aromatic heterocycles. The molecule has 3 nitrogen and oxygen atoms in total. The maximum absolute atomic E-state index is 13.5. The van der Waals surface area contributed by atoms with Crippen molar-refractivity contribution in [1.82, 2.24) is 4.72 Å². The summed E-state index contributed by atoms with van der Waals surface area (Å²) in [5, 5.41) is 0. The Kier molecular flexibility index (Phi) is 4.71. The largest absolute Gasteiger partial charge is 0.416 e. The smallest absolute Gasteiger partial charge is 0.207 e. The topological polar surface area (TPSA) is 46.2 Å². The standard InChI is InChI=1S/C14H10F5NO2S/c15-11-5-6-13(12(16)7-11)23(21,22)20-8-9-1-3-10(4-2-9)14(17,18)19/h1-7,20H,8H2. The van der Waals surface area contributed by atoms with Crippen molar-refractivity contribution in [2.45, 2.75) is 17.6 Å². The van der Waals surface area contributed by atoms with Crippen LogP contribution in [-0.4, -0.2) is 8.42 Å². The molecule has 0 saturated heterocycles. The zero-order valence-electron chi connectivity index (χ0n) is 11.4. The lowest BCUT2D eigenvalue weighted by atomic mass is 10.1. The first-order valence-corrected chi connectivity index (χ1v) is 7.69. The molecule has 0 bridgehead atoms. The van der Waals surface area contributed by atoms with Crippen LogP contribution in [0.4, 0.5) is 22.0 Å². The SMILES string of the molecule is O=S(=O)(NCc1ccc(C(F)(F)F)cc1)c1ccc(F)cc1F. The molecule has 2 aromatic rings. The molecule has 124 valence electrons. The molecule has 1 N–H and O–H groups in total. The van der Waals surface area contributed by atoms with E-state index in [9.17, 15) is 30.4 Å². The average molecular weight is 351 g/mol. The first kappa shape index (κ1) is 17.4. The second kappa shape index (κ2) is 6.25. The Labute approximate surface area is 128 Å². The van der Waals surface area contributed by atoms with Gasteiger partial charge in [0.05, 0.1) is 5.56 Å². The number of hydrogen-bond acceptors (Lipinski definition) is 2. The fraction of sp³-hybridized carbons (Fsp3) is 0.143. The number of alkyl halides is 3. The normalized spacial score (nSPS) is 12.4. The highest BCUT2D eigenvalue weighted by molar-refractivity contribution is 7.89. The van der Waals surface area contributed by atoms with Crippen LogP contribution in [0.2, 0.25) is 0 Å². The molecule has 9 heteroatoms. The van der Waals surface area contributed by atoms with E-state index in [0.717, 1.165) is 36.4 Å². The van der Waals surface area contributed by atoms with Crippen molar-refractivity contribution in [3.8, 4) is 0 Å². The predicted molar refractivity (Wildman–Crippen MR) is 71.8 cm³/mol. The van der Waals surface area contributed by atoms with Gasteiger partial charge in [-0.25, -0.2) is 21.9 Å².